The van der Waals surface area contributed by atoms with Gasteiger partial charge >= 0.3 is 0 Å². The number of para-hydroxylation sites is 1. The molecule has 0 radical (unpaired) electrons. The van der Waals surface area contributed by atoms with Gasteiger partial charge in [-0.2, -0.15) is 5.26 Å². The molecule has 18 heavy (non-hydrogen) atoms. The summed E-state index contributed by atoms with van der Waals surface area (Å²) in [6, 6.07) is 9.63. The van der Waals surface area contributed by atoms with Crippen molar-refractivity contribution in [2.24, 2.45) is 0 Å². The monoisotopic (exact) mass is 264 g/mol. The average Bonchev–Trinajstić information content (AvgIpc) is 2.38. The molecule has 0 bridgehead atoms. The minimum atomic E-state index is -0.188. The number of nitriles is 1. The van der Waals surface area contributed by atoms with Crippen LogP contribution in [-0.4, -0.2) is 31.8 Å². The van der Waals surface area contributed by atoms with Gasteiger partial charge in [0.25, 0.3) is 5.91 Å². The number of nitrogens with one attached hydrogen (secondary N) is 2. The van der Waals surface area contributed by atoms with Gasteiger partial charge in [0.15, 0.2) is 12.6 Å². The van der Waals surface area contributed by atoms with Crippen molar-refractivity contribution in [3.05, 3.63) is 24.3 Å². The van der Waals surface area contributed by atoms with Crippen LogP contribution in [0.15, 0.2) is 29.2 Å². The summed E-state index contributed by atoms with van der Waals surface area (Å²) in [5.74, 6) is -0.0731. The molecule has 0 aliphatic rings. The van der Waals surface area contributed by atoms with Crippen molar-refractivity contribution in [1.29, 1.82) is 5.26 Å². The second-order valence-corrected chi connectivity index (χ2v) is 4.97. The molecule has 96 valence electrons. The highest BCUT2D eigenvalue weighted by atomic mass is 32.2. The smallest absolute Gasteiger partial charge is 0.279 e. The molecule has 1 aromatic rings. The molecule has 0 saturated carbocycles. The minimum Gasteiger partial charge on any atom is -0.320 e. The third kappa shape index (κ3) is 4.06. The number of benzene rings is 1. The van der Waals surface area contributed by atoms with Crippen LogP contribution in [0, 0.1) is 11.3 Å². The molecule has 1 rings (SSSR count). The molecule has 0 spiro atoms. The Labute approximate surface area is 112 Å². The standard InChI is InChI=1S/C13H17N3OS/c1-10(8-14)16(2)9-13(17)15-11-6-4-5-7-12(11)18-3/h4-7,10H,9H2,1-3H3,(H,15,17)/p+1/t10-/m0/s1. The topological polar surface area (TPSA) is 57.3 Å². The molecule has 0 aliphatic heterocycles. The number of nitrogens with zero attached hydrogens (tertiary/aromatic N) is 1. The maximum atomic E-state index is 11.9. The van der Waals surface area contributed by atoms with Gasteiger partial charge in [0.1, 0.15) is 6.07 Å². The van der Waals surface area contributed by atoms with Crippen LogP contribution < -0.4 is 10.2 Å². The summed E-state index contributed by atoms with van der Waals surface area (Å²) in [4.78, 5) is 13.8. The Hall–Kier alpha value is -1.51. The summed E-state index contributed by atoms with van der Waals surface area (Å²) in [6.45, 7) is 2.09. The molecule has 2 atom stereocenters. The zero-order valence-electron chi connectivity index (χ0n) is 10.9. The number of likely N-dealkylation sites (N-methyl/N-ethyl adjacent to an activating group) is 1. The van der Waals surface area contributed by atoms with E-state index in [-0.39, 0.29) is 18.5 Å². The number of rotatable bonds is 5. The molecule has 0 saturated heterocycles. The SMILES string of the molecule is CSc1ccccc1NC(=O)C[NH+](C)[C@@H](C)C#N. The van der Waals surface area contributed by atoms with Crippen molar-refractivity contribution >= 4 is 23.4 Å². The molecule has 0 heterocycles. The third-order valence-electron chi connectivity index (χ3n) is 2.75. The second kappa shape index (κ2) is 7.04. The largest absolute Gasteiger partial charge is 0.320 e. The Balaban J connectivity index is 2.63. The number of amides is 1. The second-order valence-electron chi connectivity index (χ2n) is 4.12. The number of hydrogen-bond acceptors (Lipinski definition) is 3. The summed E-state index contributed by atoms with van der Waals surface area (Å²) >= 11 is 1.59. The molecular weight excluding hydrogens is 246 g/mol. The van der Waals surface area contributed by atoms with Gasteiger partial charge in [0, 0.05) is 11.8 Å². The first-order valence-electron chi connectivity index (χ1n) is 5.73. The van der Waals surface area contributed by atoms with Crippen molar-refractivity contribution in [2.45, 2.75) is 17.9 Å². The van der Waals surface area contributed by atoms with Crippen LogP contribution in [0.3, 0.4) is 0 Å². The highest BCUT2D eigenvalue weighted by Gasteiger charge is 2.16. The molecular formula is C13H18N3OS+. The zero-order chi connectivity index (χ0) is 13.5. The highest BCUT2D eigenvalue weighted by molar-refractivity contribution is 7.98. The molecule has 0 aromatic heterocycles. The summed E-state index contributed by atoms with van der Waals surface area (Å²) < 4.78 is 0. The van der Waals surface area contributed by atoms with Crippen LogP contribution in [0.4, 0.5) is 5.69 Å². The van der Waals surface area contributed by atoms with Crippen molar-refractivity contribution in [1.82, 2.24) is 0 Å². The lowest BCUT2D eigenvalue weighted by molar-refractivity contribution is -0.886. The van der Waals surface area contributed by atoms with Gasteiger partial charge in [-0.05, 0) is 18.4 Å². The number of thioether (sulfide) groups is 1. The van der Waals surface area contributed by atoms with E-state index in [9.17, 15) is 4.79 Å². The van der Waals surface area contributed by atoms with Gasteiger partial charge in [0.05, 0.1) is 12.7 Å². The van der Waals surface area contributed by atoms with Crippen LogP contribution in [0.2, 0.25) is 0 Å². The van der Waals surface area contributed by atoms with Gasteiger partial charge in [-0.1, -0.05) is 12.1 Å². The Morgan fingerprint density at radius 3 is 2.83 bits per heavy atom. The zero-order valence-corrected chi connectivity index (χ0v) is 11.7. The molecule has 4 nitrogen and oxygen atoms in total. The van der Waals surface area contributed by atoms with Crippen LogP contribution in [0.1, 0.15) is 6.92 Å². The Bertz CT molecular complexity index is 456. The van der Waals surface area contributed by atoms with Crippen molar-refractivity contribution < 1.29 is 9.69 Å². The minimum absolute atomic E-state index is 0.0731. The molecule has 0 aliphatic carbocycles. The fourth-order valence-corrected chi connectivity index (χ4v) is 2.01. The number of carbonyl (C=O) groups excluding carboxylic acids is 1. The number of anilines is 1. The predicted octanol–water partition coefficient (Wildman–Crippen LogP) is 0.774. The van der Waals surface area contributed by atoms with E-state index in [4.69, 9.17) is 5.26 Å². The molecule has 0 fully saturated rings. The number of quaternary nitrogens is 1. The lowest BCUT2D eigenvalue weighted by Gasteiger charge is -2.16. The van der Waals surface area contributed by atoms with Crippen LogP contribution in [0.5, 0.6) is 0 Å². The van der Waals surface area contributed by atoms with Crippen molar-refractivity contribution in [3.8, 4) is 6.07 Å². The number of carbonyl (C=O) groups is 1. The first-order valence-corrected chi connectivity index (χ1v) is 6.95. The Morgan fingerprint density at radius 2 is 2.22 bits per heavy atom. The van der Waals surface area contributed by atoms with E-state index in [2.05, 4.69) is 11.4 Å². The van der Waals surface area contributed by atoms with Gasteiger partial charge in [-0.15, -0.1) is 11.8 Å². The summed E-state index contributed by atoms with van der Waals surface area (Å²) in [6.07, 6.45) is 1.97. The summed E-state index contributed by atoms with van der Waals surface area (Å²) in [5, 5.41) is 11.7. The molecule has 1 amide bonds. The van der Waals surface area contributed by atoms with E-state index in [1.807, 2.05) is 37.6 Å². The van der Waals surface area contributed by atoms with E-state index in [1.54, 1.807) is 18.7 Å². The molecule has 1 unspecified atom stereocenters. The fraction of sp³-hybridized carbons (Fsp3) is 0.385. The Morgan fingerprint density at radius 1 is 1.56 bits per heavy atom. The maximum Gasteiger partial charge on any atom is 0.279 e. The van der Waals surface area contributed by atoms with Crippen LogP contribution in [-0.2, 0) is 4.79 Å². The summed E-state index contributed by atoms with van der Waals surface area (Å²) in [5.41, 5.74) is 0.826. The Kier molecular flexibility index (Phi) is 5.69. The third-order valence-corrected chi connectivity index (χ3v) is 3.55. The fourth-order valence-electron chi connectivity index (χ4n) is 1.46. The van der Waals surface area contributed by atoms with Crippen LogP contribution in [0.25, 0.3) is 0 Å². The van der Waals surface area contributed by atoms with E-state index in [1.165, 1.54) is 0 Å². The molecule has 1 aromatic carbocycles. The van der Waals surface area contributed by atoms with Gasteiger partial charge in [0.2, 0.25) is 0 Å². The average molecular weight is 264 g/mol. The maximum absolute atomic E-state index is 11.9. The van der Waals surface area contributed by atoms with Gasteiger partial charge in [-0.3, -0.25) is 4.79 Å². The lowest BCUT2D eigenvalue weighted by atomic mass is 10.3. The van der Waals surface area contributed by atoms with Crippen molar-refractivity contribution in [2.75, 3.05) is 25.2 Å². The van der Waals surface area contributed by atoms with Gasteiger partial charge < -0.3 is 10.2 Å². The lowest BCUT2D eigenvalue weighted by Crippen LogP contribution is -3.13. The predicted molar refractivity (Wildman–Crippen MR) is 73.7 cm³/mol. The number of hydrogen-bond donors (Lipinski definition) is 2. The van der Waals surface area contributed by atoms with E-state index < -0.39 is 0 Å². The first kappa shape index (κ1) is 14.6. The molecule has 2 N–H and O–H groups in total. The quantitative estimate of drug-likeness (QED) is 0.773. The summed E-state index contributed by atoms with van der Waals surface area (Å²) in [7, 11) is 1.84. The van der Waals surface area contributed by atoms with E-state index in [0.717, 1.165) is 15.5 Å². The van der Waals surface area contributed by atoms with E-state index >= 15 is 0 Å². The van der Waals surface area contributed by atoms with Crippen LogP contribution >= 0.6 is 11.8 Å². The molecule has 5 heteroatoms. The van der Waals surface area contributed by atoms with E-state index in [0.29, 0.717) is 0 Å². The normalized spacial score (nSPS) is 13.4. The highest BCUT2D eigenvalue weighted by Crippen LogP contribution is 2.24. The van der Waals surface area contributed by atoms with Gasteiger partial charge in [-0.25, -0.2) is 0 Å². The first-order chi connectivity index (χ1) is 8.58. The van der Waals surface area contributed by atoms with Crippen molar-refractivity contribution in [3.63, 3.8) is 0 Å².